The number of methoxy groups -OCH3 is 2. The molecule has 6 nitrogen and oxygen atoms in total. The van der Waals surface area contributed by atoms with Crippen LogP contribution in [0.1, 0.15) is 20.7 Å². The van der Waals surface area contributed by atoms with E-state index in [9.17, 15) is 53.5 Å². The molecule has 0 spiro atoms. The van der Waals surface area contributed by atoms with Gasteiger partial charge in [-0.25, -0.2) is 9.59 Å². The van der Waals surface area contributed by atoms with Gasteiger partial charge < -0.3 is 14.2 Å². The molecule has 0 aliphatic rings. The first-order valence-electron chi connectivity index (χ1n) is 7.52. The van der Waals surface area contributed by atoms with E-state index in [1.54, 1.807) is 0 Å². The smallest absolute Gasteiger partial charge is 0.465 e. The minimum Gasteiger partial charge on any atom is -0.465 e. The van der Waals surface area contributed by atoms with Gasteiger partial charge in [-0.2, -0.15) is 43.9 Å². The van der Waals surface area contributed by atoms with Crippen molar-refractivity contribution in [1.82, 2.24) is 0 Å². The van der Waals surface area contributed by atoms with Gasteiger partial charge in [-0.15, -0.1) is 0 Å². The summed E-state index contributed by atoms with van der Waals surface area (Å²) in [5, 5.41) is 0. The van der Waals surface area contributed by atoms with E-state index in [4.69, 9.17) is 0 Å². The summed E-state index contributed by atoms with van der Waals surface area (Å²) >= 11 is 1.14. The summed E-state index contributed by atoms with van der Waals surface area (Å²) < 4.78 is 140. The maximum atomic E-state index is 14.2. The zero-order chi connectivity index (χ0) is 25.3. The Hall–Kier alpha value is -2.30. The molecule has 32 heavy (non-hydrogen) atoms. The summed E-state index contributed by atoms with van der Waals surface area (Å²) in [6.07, 6.45) is -19.7. The minimum atomic E-state index is -7.11. The van der Waals surface area contributed by atoms with Crippen LogP contribution in [-0.2, 0) is 14.2 Å². The van der Waals surface area contributed by atoms with Gasteiger partial charge in [0.25, 0.3) is 0 Å². The zero-order valence-corrected chi connectivity index (χ0v) is 16.9. The number of rotatable bonds is 8. The molecule has 0 heterocycles. The third-order valence-corrected chi connectivity index (χ3v) is 3.99. The highest BCUT2D eigenvalue weighted by atomic mass is 79.9. The first kappa shape index (κ1) is 27.7. The van der Waals surface area contributed by atoms with Gasteiger partial charge in [-0.3, -0.25) is 4.74 Å². The van der Waals surface area contributed by atoms with Crippen molar-refractivity contribution in [3.63, 3.8) is 0 Å². The molecule has 0 aliphatic heterocycles. The van der Waals surface area contributed by atoms with Gasteiger partial charge in [0.1, 0.15) is 11.3 Å². The molecule has 0 amide bonds. The second-order valence-corrected chi connectivity index (χ2v) is 6.54. The largest absolute Gasteiger partial charge is 0.471 e. The Morgan fingerprint density at radius 3 is 1.75 bits per heavy atom. The Bertz CT molecular complexity index is 871. The highest BCUT2D eigenvalue weighted by Gasteiger charge is 2.78. The van der Waals surface area contributed by atoms with Gasteiger partial charge in [0, 0.05) is 0 Å². The van der Waals surface area contributed by atoms with Crippen LogP contribution in [0.4, 0.5) is 43.9 Å². The molecule has 1 unspecified atom stereocenters. The molecule has 0 fully saturated rings. The number of carbonyl (C=O) groups is 2. The fourth-order valence-electron chi connectivity index (χ4n) is 1.78. The fraction of sp³-hybridized carbons (Fsp3) is 0.467. The van der Waals surface area contributed by atoms with Crippen molar-refractivity contribution in [2.24, 2.45) is 0 Å². The fourth-order valence-corrected chi connectivity index (χ4v) is 2.06. The number of hydrogen-bond acceptors (Lipinski definition) is 6. The first-order chi connectivity index (χ1) is 14.2. The molecule has 1 aromatic carbocycles. The molecule has 0 N–H and O–H groups in total. The Balaban J connectivity index is 3.41. The van der Waals surface area contributed by atoms with E-state index < -0.39 is 57.9 Å². The molecule has 1 aromatic rings. The topological polar surface area (TPSA) is 71.1 Å². The van der Waals surface area contributed by atoms with E-state index in [0.717, 1.165) is 36.2 Å². The average Bonchev–Trinajstić information content (AvgIpc) is 2.64. The highest BCUT2D eigenvalue weighted by molar-refractivity contribution is 9.10. The average molecular weight is 555 g/mol. The third kappa shape index (κ3) is 5.36. The van der Waals surface area contributed by atoms with E-state index in [2.05, 4.69) is 18.9 Å². The van der Waals surface area contributed by atoms with Crippen molar-refractivity contribution in [2.45, 2.75) is 29.1 Å². The molecule has 0 aliphatic carbocycles. The van der Waals surface area contributed by atoms with Crippen molar-refractivity contribution in [1.29, 1.82) is 0 Å². The number of esters is 2. The van der Waals surface area contributed by atoms with Gasteiger partial charge in [0.2, 0.25) is 0 Å². The molecule has 1 atom stereocenters. The second kappa shape index (κ2) is 8.92. The van der Waals surface area contributed by atoms with Crippen molar-refractivity contribution in [3.8, 4) is 5.75 Å². The number of carbonyl (C=O) groups excluding carboxylic acids is 2. The van der Waals surface area contributed by atoms with Crippen LogP contribution in [-0.4, -0.2) is 55.2 Å². The van der Waals surface area contributed by atoms with Crippen LogP contribution < -0.4 is 4.74 Å². The second-order valence-electron chi connectivity index (χ2n) is 5.52. The standard InChI is InChI=1S/C15H9BrF10O6/c1-29-9(27)6-3-4-7(10(28)30-2)8(5-6)31-15(25,26)12(16,19)32-14(23,24)11(17,18)13(20,21)22/h3-5H,1-2H3. The summed E-state index contributed by atoms with van der Waals surface area (Å²) in [5.74, 6) is -11.2. The lowest BCUT2D eigenvalue weighted by Gasteiger charge is -2.34. The Kier molecular flexibility index (Phi) is 7.73. The van der Waals surface area contributed by atoms with Crippen LogP contribution in [0.15, 0.2) is 18.2 Å². The lowest BCUT2D eigenvalue weighted by atomic mass is 10.1. The van der Waals surface area contributed by atoms with E-state index >= 15 is 0 Å². The van der Waals surface area contributed by atoms with Gasteiger partial charge in [0.15, 0.2) is 0 Å². The molecule has 17 heteroatoms. The summed E-state index contributed by atoms with van der Waals surface area (Å²) in [6.45, 7) is 0. The Morgan fingerprint density at radius 1 is 0.812 bits per heavy atom. The Morgan fingerprint density at radius 2 is 1.31 bits per heavy atom. The van der Waals surface area contributed by atoms with Gasteiger partial charge in [0.05, 0.1) is 19.8 Å². The van der Waals surface area contributed by atoms with Crippen LogP contribution in [0.25, 0.3) is 0 Å². The summed E-state index contributed by atoms with van der Waals surface area (Å²) in [4.78, 5) is 23.1. The molecule has 0 aromatic heterocycles. The van der Waals surface area contributed by atoms with Gasteiger partial charge >= 0.3 is 41.0 Å². The van der Waals surface area contributed by atoms with E-state index in [-0.39, 0.29) is 0 Å². The van der Waals surface area contributed by atoms with Gasteiger partial charge in [-0.1, -0.05) is 0 Å². The normalized spacial score (nSPS) is 15.0. The Labute approximate surface area is 179 Å². The van der Waals surface area contributed by atoms with Crippen LogP contribution in [0, 0.1) is 0 Å². The molecule has 1 rings (SSSR count). The maximum Gasteiger partial charge on any atom is 0.471 e. The number of benzene rings is 1. The lowest BCUT2D eigenvalue weighted by molar-refractivity contribution is -0.466. The number of ether oxygens (including phenoxy) is 4. The first-order valence-corrected chi connectivity index (χ1v) is 8.31. The number of halogens is 11. The predicted octanol–water partition coefficient (Wildman–Crippen LogP) is 5.06. The monoisotopic (exact) mass is 554 g/mol. The third-order valence-electron chi connectivity index (χ3n) is 3.36. The van der Waals surface area contributed by atoms with Crippen LogP contribution in [0.3, 0.4) is 0 Å². The van der Waals surface area contributed by atoms with Crippen LogP contribution >= 0.6 is 15.9 Å². The maximum absolute atomic E-state index is 14.2. The van der Waals surface area contributed by atoms with E-state index in [1.807, 2.05) is 0 Å². The number of hydrogen-bond donors (Lipinski definition) is 0. The lowest BCUT2D eigenvalue weighted by Crippen LogP contribution is -2.59. The summed E-state index contributed by atoms with van der Waals surface area (Å²) in [7, 11) is 1.58. The van der Waals surface area contributed by atoms with Crippen molar-refractivity contribution in [3.05, 3.63) is 29.3 Å². The minimum absolute atomic E-state index is 0.317. The van der Waals surface area contributed by atoms with E-state index in [0.29, 0.717) is 12.1 Å². The van der Waals surface area contributed by atoms with E-state index in [1.165, 1.54) is 0 Å². The molecule has 0 radical (unpaired) electrons. The molecule has 0 bridgehead atoms. The predicted molar refractivity (Wildman–Crippen MR) is 84.5 cm³/mol. The van der Waals surface area contributed by atoms with Gasteiger partial charge in [-0.05, 0) is 34.1 Å². The van der Waals surface area contributed by atoms with Crippen molar-refractivity contribution in [2.75, 3.05) is 14.2 Å². The molecule has 182 valence electrons. The SMILES string of the molecule is COC(=O)c1ccc(C(=O)OC)c(OC(F)(F)C(F)(Br)OC(F)(F)C(F)(F)C(F)(F)F)c1. The summed E-state index contributed by atoms with van der Waals surface area (Å²) in [5.41, 5.74) is -1.57. The molecule has 0 saturated carbocycles. The van der Waals surface area contributed by atoms with Crippen molar-refractivity contribution < 1.29 is 72.4 Å². The number of alkyl halides is 11. The molecular formula is C15H9BrF10O6. The van der Waals surface area contributed by atoms with Crippen molar-refractivity contribution >= 4 is 27.9 Å². The van der Waals surface area contributed by atoms with Crippen LogP contribution in [0.2, 0.25) is 0 Å². The zero-order valence-electron chi connectivity index (χ0n) is 15.3. The van der Waals surface area contributed by atoms with Crippen LogP contribution in [0.5, 0.6) is 5.75 Å². The quantitative estimate of drug-likeness (QED) is 0.254. The molecular weight excluding hydrogens is 546 g/mol. The molecule has 0 saturated heterocycles. The highest BCUT2D eigenvalue weighted by Crippen LogP contribution is 2.52. The summed E-state index contributed by atoms with van der Waals surface area (Å²) in [6, 6.07) is 1.75.